The smallest absolute Gasteiger partial charge is 0.262 e. The molecule has 0 saturated carbocycles. The number of hydrogen-bond acceptors (Lipinski definition) is 8. The molecule has 0 saturated heterocycles. The molecule has 206 valence electrons. The summed E-state index contributed by atoms with van der Waals surface area (Å²) < 4.78 is 27.0. The van der Waals surface area contributed by atoms with Crippen molar-refractivity contribution in [2.75, 3.05) is 55.2 Å². The Kier molecular flexibility index (Phi) is 9.95. The number of nitrogens with zero attached hydrogens (tertiary/aromatic N) is 3. The van der Waals surface area contributed by atoms with E-state index in [1.165, 1.54) is 9.91 Å². The second kappa shape index (κ2) is 13.1. The number of amides is 2. The van der Waals surface area contributed by atoms with Crippen LogP contribution in [0.2, 0.25) is 0 Å². The van der Waals surface area contributed by atoms with E-state index in [2.05, 4.69) is 0 Å². The number of carbonyl (C=O) groups is 2. The molecule has 10 heteroatoms. The van der Waals surface area contributed by atoms with Crippen molar-refractivity contribution < 1.29 is 33.3 Å². The van der Waals surface area contributed by atoms with Crippen LogP contribution in [0.1, 0.15) is 37.4 Å². The third-order valence-electron chi connectivity index (χ3n) is 6.37. The van der Waals surface area contributed by atoms with Crippen molar-refractivity contribution in [2.45, 2.75) is 26.3 Å². The van der Waals surface area contributed by atoms with Gasteiger partial charge in [-0.25, -0.2) is 5.01 Å². The fraction of sp³-hybridized carbons (Fsp3) is 0.464. The second-order valence-corrected chi connectivity index (χ2v) is 9.09. The summed E-state index contributed by atoms with van der Waals surface area (Å²) >= 11 is 0. The third kappa shape index (κ3) is 6.36. The predicted molar refractivity (Wildman–Crippen MR) is 143 cm³/mol. The summed E-state index contributed by atoms with van der Waals surface area (Å²) in [4.78, 5) is 28.1. The lowest BCUT2D eigenvalue weighted by molar-refractivity contribution is -0.143. The summed E-state index contributed by atoms with van der Waals surface area (Å²) in [6.07, 6.45) is 0.431. The van der Waals surface area contributed by atoms with E-state index in [4.69, 9.17) is 28.8 Å². The Morgan fingerprint density at radius 1 is 0.947 bits per heavy atom. The van der Waals surface area contributed by atoms with E-state index in [-0.39, 0.29) is 24.3 Å². The molecule has 0 radical (unpaired) electrons. The van der Waals surface area contributed by atoms with E-state index in [0.717, 1.165) is 11.1 Å². The highest BCUT2D eigenvalue weighted by Crippen LogP contribution is 2.39. The molecule has 2 amide bonds. The predicted octanol–water partition coefficient (Wildman–Crippen LogP) is 3.53. The van der Waals surface area contributed by atoms with Crippen molar-refractivity contribution >= 4 is 17.5 Å². The highest BCUT2D eigenvalue weighted by molar-refractivity contribution is 6.05. The number of rotatable bonds is 12. The maximum atomic E-state index is 13.7. The van der Waals surface area contributed by atoms with E-state index in [9.17, 15) is 9.59 Å². The van der Waals surface area contributed by atoms with Crippen molar-refractivity contribution in [2.24, 2.45) is 11.0 Å². The van der Waals surface area contributed by atoms with Gasteiger partial charge in [-0.1, -0.05) is 19.9 Å². The molecule has 0 fully saturated rings. The summed E-state index contributed by atoms with van der Waals surface area (Å²) in [5.74, 6) is 1.66. The molecule has 10 nitrogen and oxygen atoms in total. The number of methoxy groups -OCH3 is 5. The first kappa shape index (κ1) is 28.8. The van der Waals surface area contributed by atoms with Crippen LogP contribution in [0.5, 0.6) is 23.0 Å². The average Bonchev–Trinajstić information content (AvgIpc) is 3.39. The van der Waals surface area contributed by atoms with Gasteiger partial charge in [-0.3, -0.25) is 9.59 Å². The zero-order valence-corrected chi connectivity index (χ0v) is 23.1. The van der Waals surface area contributed by atoms with E-state index < -0.39 is 6.04 Å². The molecule has 2 aromatic carbocycles. The quantitative estimate of drug-likeness (QED) is 0.416. The molecular weight excluding hydrogens is 490 g/mol. The largest absolute Gasteiger partial charge is 0.497 e. The lowest BCUT2D eigenvalue weighted by atomic mass is 9.97. The summed E-state index contributed by atoms with van der Waals surface area (Å²) in [6.45, 7) is 4.11. The molecule has 0 unspecified atom stereocenters. The SMILES string of the molecule is COCCN(CC(=O)N1N=C(c2ccc(OC)cc2OC)C[C@@H]1c1ccc(OC)c(OC)c1)C(=O)C(C)C. The number of hydrazone groups is 1. The van der Waals surface area contributed by atoms with Crippen molar-refractivity contribution in [3.05, 3.63) is 47.5 Å². The Labute approximate surface area is 224 Å². The second-order valence-electron chi connectivity index (χ2n) is 9.09. The van der Waals surface area contributed by atoms with E-state index in [0.29, 0.717) is 48.3 Å². The van der Waals surface area contributed by atoms with Crippen LogP contribution in [0.25, 0.3) is 0 Å². The maximum absolute atomic E-state index is 13.7. The Morgan fingerprint density at radius 3 is 2.26 bits per heavy atom. The lowest BCUT2D eigenvalue weighted by Gasteiger charge is -2.28. The zero-order valence-electron chi connectivity index (χ0n) is 23.1. The first-order valence-corrected chi connectivity index (χ1v) is 12.4. The maximum Gasteiger partial charge on any atom is 0.262 e. The average molecular weight is 528 g/mol. The Balaban J connectivity index is 2.02. The van der Waals surface area contributed by atoms with Crippen molar-refractivity contribution in [1.29, 1.82) is 0 Å². The first-order valence-electron chi connectivity index (χ1n) is 12.4. The summed E-state index contributed by atoms with van der Waals surface area (Å²) in [7, 11) is 7.86. The normalized spacial score (nSPS) is 14.8. The van der Waals surface area contributed by atoms with Crippen LogP contribution in [0.4, 0.5) is 0 Å². The molecule has 1 aliphatic heterocycles. The summed E-state index contributed by atoms with van der Waals surface area (Å²) in [6, 6.07) is 10.6. The van der Waals surface area contributed by atoms with E-state index in [1.807, 2.05) is 24.3 Å². The van der Waals surface area contributed by atoms with Crippen LogP contribution in [0.3, 0.4) is 0 Å². The molecule has 1 heterocycles. The van der Waals surface area contributed by atoms with Crippen LogP contribution < -0.4 is 18.9 Å². The van der Waals surface area contributed by atoms with Crippen LogP contribution in [0, 0.1) is 5.92 Å². The van der Waals surface area contributed by atoms with E-state index in [1.54, 1.807) is 61.5 Å². The Bertz CT molecular complexity index is 1170. The number of hydrogen-bond donors (Lipinski definition) is 0. The minimum atomic E-state index is -0.428. The molecule has 1 aliphatic rings. The lowest BCUT2D eigenvalue weighted by Crippen LogP contribution is -2.44. The number of carbonyl (C=O) groups excluding carboxylic acids is 2. The van der Waals surface area contributed by atoms with E-state index >= 15 is 0 Å². The number of ether oxygens (including phenoxy) is 5. The van der Waals surface area contributed by atoms with Gasteiger partial charge in [0.25, 0.3) is 5.91 Å². The topological polar surface area (TPSA) is 99.1 Å². The van der Waals surface area contributed by atoms with Gasteiger partial charge in [0.1, 0.15) is 18.0 Å². The fourth-order valence-corrected chi connectivity index (χ4v) is 4.33. The molecule has 0 N–H and O–H groups in total. The highest BCUT2D eigenvalue weighted by atomic mass is 16.5. The molecular formula is C28H37N3O7. The Morgan fingerprint density at radius 2 is 1.66 bits per heavy atom. The zero-order chi connectivity index (χ0) is 27.8. The van der Waals surface area contributed by atoms with Crippen molar-refractivity contribution in [3.8, 4) is 23.0 Å². The van der Waals surface area contributed by atoms with Gasteiger partial charge in [-0.05, 0) is 29.8 Å². The van der Waals surface area contributed by atoms with Crippen molar-refractivity contribution in [1.82, 2.24) is 9.91 Å². The highest BCUT2D eigenvalue weighted by Gasteiger charge is 2.36. The van der Waals surface area contributed by atoms with Gasteiger partial charge < -0.3 is 28.6 Å². The summed E-state index contributed by atoms with van der Waals surface area (Å²) in [5.41, 5.74) is 2.25. The van der Waals surface area contributed by atoms with Crippen LogP contribution in [-0.4, -0.2) is 82.7 Å². The molecule has 38 heavy (non-hydrogen) atoms. The third-order valence-corrected chi connectivity index (χ3v) is 6.37. The molecule has 0 aliphatic carbocycles. The molecule has 0 bridgehead atoms. The van der Waals surface area contributed by atoms with Gasteiger partial charge in [-0.15, -0.1) is 0 Å². The van der Waals surface area contributed by atoms with Crippen molar-refractivity contribution in [3.63, 3.8) is 0 Å². The standard InChI is InChI=1S/C28H37N3O7/c1-18(2)28(33)30(12-13-34-3)17-27(32)31-23(19-8-11-24(36-5)26(14-19)38-7)16-22(29-31)21-10-9-20(35-4)15-25(21)37-6/h8-11,14-15,18,23H,12-13,16-17H2,1-7H3/t23-/m1/s1. The monoisotopic (exact) mass is 527 g/mol. The van der Waals surface area contributed by atoms with Crippen LogP contribution in [-0.2, 0) is 14.3 Å². The fourth-order valence-electron chi connectivity index (χ4n) is 4.33. The molecule has 3 rings (SSSR count). The molecule has 0 spiro atoms. The first-order chi connectivity index (χ1) is 18.3. The van der Waals surface area contributed by atoms with Gasteiger partial charge in [0.2, 0.25) is 5.91 Å². The summed E-state index contributed by atoms with van der Waals surface area (Å²) in [5, 5.41) is 6.21. The number of benzene rings is 2. The van der Waals surface area contributed by atoms with Gasteiger partial charge in [0.05, 0.1) is 46.8 Å². The molecule has 2 aromatic rings. The minimum absolute atomic E-state index is 0.124. The Hall–Kier alpha value is -3.79. The van der Waals surface area contributed by atoms with Gasteiger partial charge in [0.15, 0.2) is 11.5 Å². The molecule has 0 aromatic heterocycles. The van der Waals surface area contributed by atoms with Crippen LogP contribution in [0.15, 0.2) is 41.5 Å². The molecule has 1 atom stereocenters. The van der Waals surface area contributed by atoms with Gasteiger partial charge in [-0.2, -0.15) is 5.10 Å². The van der Waals surface area contributed by atoms with Gasteiger partial charge in [0, 0.05) is 37.6 Å². The van der Waals surface area contributed by atoms with Gasteiger partial charge >= 0.3 is 0 Å². The minimum Gasteiger partial charge on any atom is -0.497 e. The van der Waals surface area contributed by atoms with Crippen LogP contribution >= 0.6 is 0 Å².